The third kappa shape index (κ3) is 4.31. The van der Waals surface area contributed by atoms with Gasteiger partial charge in [0, 0.05) is 43.8 Å². The van der Waals surface area contributed by atoms with E-state index in [2.05, 4.69) is 50.4 Å². The maximum atomic E-state index is 12.8. The van der Waals surface area contributed by atoms with Gasteiger partial charge >= 0.3 is 0 Å². The van der Waals surface area contributed by atoms with Crippen LogP contribution in [0.15, 0.2) is 59.8 Å². The maximum Gasteiger partial charge on any atom is 0.269 e. The molecule has 1 aliphatic heterocycles. The average molecular weight is 407 g/mol. The first-order chi connectivity index (χ1) is 14.5. The Morgan fingerprint density at radius 1 is 1.23 bits per heavy atom. The van der Waals surface area contributed by atoms with E-state index in [1.165, 1.54) is 0 Å². The molecule has 0 bridgehead atoms. The summed E-state index contributed by atoms with van der Waals surface area (Å²) in [6.07, 6.45) is 7.67. The molecular formula is C23H30N6O. The first-order valence-corrected chi connectivity index (χ1v) is 10.6. The van der Waals surface area contributed by atoms with Gasteiger partial charge in [0.25, 0.3) is 5.56 Å². The Bertz CT molecular complexity index is 1030. The molecule has 7 heteroatoms. The number of hydrogen-bond acceptors (Lipinski definition) is 5. The van der Waals surface area contributed by atoms with Gasteiger partial charge in [0.2, 0.25) is 0 Å². The molecule has 0 N–H and O–H groups in total. The van der Waals surface area contributed by atoms with Crippen molar-refractivity contribution in [1.82, 2.24) is 24.2 Å². The molecule has 1 aliphatic rings. The maximum absolute atomic E-state index is 12.8. The normalized spacial score (nSPS) is 17.4. The van der Waals surface area contributed by atoms with E-state index in [0.29, 0.717) is 6.04 Å². The Kier molecular flexibility index (Phi) is 5.99. The zero-order valence-corrected chi connectivity index (χ0v) is 18.0. The van der Waals surface area contributed by atoms with Gasteiger partial charge in [-0.2, -0.15) is 5.10 Å². The van der Waals surface area contributed by atoms with Gasteiger partial charge < -0.3 is 9.47 Å². The molecule has 0 amide bonds. The fourth-order valence-corrected chi connectivity index (χ4v) is 4.02. The van der Waals surface area contributed by atoms with E-state index in [9.17, 15) is 4.79 Å². The van der Waals surface area contributed by atoms with Crippen LogP contribution in [-0.4, -0.2) is 50.4 Å². The predicted molar refractivity (Wildman–Crippen MR) is 119 cm³/mol. The first kappa shape index (κ1) is 20.3. The van der Waals surface area contributed by atoms with Crippen molar-refractivity contribution >= 4 is 5.69 Å². The van der Waals surface area contributed by atoms with Crippen molar-refractivity contribution in [2.24, 2.45) is 0 Å². The van der Waals surface area contributed by atoms with E-state index in [-0.39, 0.29) is 11.6 Å². The van der Waals surface area contributed by atoms with Crippen molar-refractivity contribution in [3.63, 3.8) is 0 Å². The third-order valence-corrected chi connectivity index (χ3v) is 5.94. The van der Waals surface area contributed by atoms with Crippen molar-refractivity contribution in [1.29, 1.82) is 0 Å². The minimum absolute atomic E-state index is 0.0300. The van der Waals surface area contributed by atoms with Crippen LogP contribution in [0.25, 0.3) is 5.69 Å². The van der Waals surface area contributed by atoms with Crippen LogP contribution in [0.4, 0.5) is 5.69 Å². The second-order valence-corrected chi connectivity index (χ2v) is 8.28. The highest BCUT2D eigenvalue weighted by atomic mass is 16.1. The number of benzene rings is 1. The SMILES string of the molecule is CC(C)N(C)c1cnn(C2CCCN(Cc3nccn3-c3ccccc3)C2)c(=O)c1. The monoisotopic (exact) mass is 406 g/mol. The van der Waals surface area contributed by atoms with Crippen LogP contribution >= 0.6 is 0 Å². The Morgan fingerprint density at radius 2 is 2.03 bits per heavy atom. The van der Waals surface area contributed by atoms with Crippen LogP contribution in [-0.2, 0) is 6.54 Å². The highest BCUT2D eigenvalue weighted by Crippen LogP contribution is 2.22. The van der Waals surface area contributed by atoms with Gasteiger partial charge in [0.15, 0.2) is 0 Å². The number of aromatic nitrogens is 4. The van der Waals surface area contributed by atoms with Crippen molar-refractivity contribution < 1.29 is 0 Å². The van der Waals surface area contributed by atoms with E-state index in [1.807, 2.05) is 43.8 Å². The van der Waals surface area contributed by atoms with Crippen LogP contribution in [0, 0.1) is 0 Å². The predicted octanol–water partition coefficient (Wildman–Crippen LogP) is 3.11. The lowest BCUT2D eigenvalue weighted by Gasteiger charge is -2.33. The standard InChI is InChI=1S/C23H30N6O/c1-18(2)26(3)21-14-23(30)29(25-15-21)20-10-7-12-27(16-20)17-22-24-11-13-28(22)19-8-5-4-6-9-19/h4-6,8-9,11,13-15,18,20H,7,10,12,16-17H2,1-3H3. The number of nitrogens with zero attached hydrogens (tertiary/aromatic N) is 6. The summed E-state index contributed by atoms with van der Waals surface area (Å²) < 4.78 is 3.79. The number of likely N-dealkylation sites (tertiary alicyclic amines) is 1. The van der Waals surface area contributed by atoms with Crippen molar-refractivity contribution in [2.75, 3.05) is 25.0 Å². The lowest BCUT2D eigenvalue weighted by molar-refractivity contribution is 0.156. The van der Waals surface area contributed by atoms with E-state index in [0.717, 1.165) is 49.7 Å². The Labute approximate surface area is 177 Å². The van der Waals surface area contributed by atoms with Gasteiger partial charge in [-0.05, 0) is 45.4 Å². The zero-order chi connectivity index (χ0) is 21.1. The molecule has 4 rings (SSSR count). The number of anilines is 1. The molecule has 158 valence electrons. The van der Waals surface area contributed by atoms with Gasteiger partial charge in [-0.3, -0.25) is 9.69 Å². The molecule has 1 atom stereocenters. The van der Waals surface area contributed by atoms with Crippen molar-refractivity contribution in [2.45, 2.75) is 45.3 Å². The molecule has 0 spiro atoms. The molecular weight excluding hydrogens is 376 g/mol. The summed E-state index contributed by atoms with van der Waals surface area (Å²) in [4.78, 5) is 21.8. The molecule has 1 fully saturated rings. The lowest BCUT2D eigenvalue weighted by Crippen LogP contribution is -2.41. The Morgan fingerprint density at radius 3 is 2.77 bits per heavy atom. The third-order valence-electron chi connectivity index (χ3n) is 5.94. The zero-order valence-electron chi connectivity index (χ0n) is 18.0. The Balaban J connectivity index is 1.49. The largest absolute Gasteiger partial charge is 0.371 e. The summed E-state index contributed by atoms with van der Waals surface area (Å²) >= 11 is 0. The summed E-state index contributed by atoms with van der Waals surface area (Å²) in [5.74, 6) is 1.01. The summed E-state index contributed by atoms with van der Waals surface area (Å²) in [7, 11) is 1.99. The molecule has 0 saturated carbocycles. The van der Waals surface area contributed by atoms with Crippen LogP contribution in [0.5, 0.6) is 0 Å². The fourth-order valence-electron chi connectivity index (χ4n) is 4.02. The van der Waals surface area contributed by atoms with Crippen LogP contribution in [0.3, 0.4) is 0 Å². The molecule has 1 unspecified atom stereocenters. The molecule has 1 aromatic carbocycles. The first-order valence-electron chi connectivity index (χ1n) is 10.6. The topological polar surface area (TPSA) is 59.2 Å². The number of piperidine rings is 1. The van der Waals surface area contributed by atoms with E-state index in [4.69, 9.17) is 0 Å². The number of para-hydroxylation sites is 1. The molecule has 2 aromatic heterocycles. The van der Waals surface area contributed by atoms with E-state index in [1.54, 1.807) is 10.7 Å². The van der Waals surface area contributed by atoms with Crippen LogP contribution in [0.2, 0.25) is 0 Å². The van der Waals surface area contributed by atoms with Crippen molar-refractivity contribution in [3.8, 4) is 5.69 Å². The smallest absolute Gasteiger partial charge is 0.269 e. The van der Waals surface area contributed by atoms with Gasteiger partial charge in [0.1, 0.15) is 5.82 Å². The lowest BCUT2D eigenvalue weighted by atomic mass is 10.1. The molecule has 7 nitrogen and oxygen atoms in total. The van der Waals surface area contributed by atoms with Crippen LogP contribution in [0.1, 0.15) is 38.6 Å². The minimum Gasteiger partial charge on any atom is -0.371 e. The molecule has 1 saturated heterocycles. The van der Waals surface area contributed by atoms with Gasteiger partial charge in [0.05, 0.1) is 24.5 Å². The van der Waals surface area contributed by atoms with Gasteiger partial charge in [-0.15, -0.1) is 0 Å². The number of rotatable bonds is 6. The highest BCUT2D eigenvalue weighted by molar-refractivity contribution is 5.42. The van der Waals surface area contributed by atoms with Gasteiger partial charge in [-0.1, -0.05) is 18.2 Å². The van der Waals surface area contributed by atoms with E-state index < -0.39 is 0 Å². The molecule has 0 radical (unpaired) electrons. The summed E-state index contributed by atoms with van der Waals surface area (Å²) in [5.41, 5.74) is 1.95. The van der Waals surface area contributed by atoms with Crippen LogP contribution < -0.4 is 10.5 Å². The highest BCUT2D eigenvalue weighted by Gasteiger charge is 2.24. The van der Waals surface area contributed by atoms with Crippen molar-refractivity contribution in [3.05, 3.63) is 71.2 Å². The quantitative estimate of drug-likeness (QED) is 0.630. The molecule has 30 heavy (non-hydrogen) atoms. The second kappa shape index (κ2) is 8.83. The average Bonchev–Trinajstić information content (AvgIpc) is 3.22. The van der Waals surface area contributed by atoms with E-state index >= 15 is 0 Å². The summed E-state index contributed by atoms with van der Waals surface area (Å²) in [6.45, 7) is 6.75. The second-order valence-electron chi connectivity index (χ2n) is 8.28. The summed E-state index contributed by atoms with van der Waals surface area (Å²) in [6, 6.07) is 12.4. The number of imidazole rings is 1. The molecule has 0 aliphatic carbocycles. The molecule has 3 heterocycles. The fraction of sp³-hybridized carbons (Fsp3) is 0.435. The Hall–Kier alpha value is -2.93. The minimum atomic E-state index is -0.0300. The summed E-state index contributed by atoms with van der Waals surface area (Å²) in [5, 5.41) is 4.52. The van der Waals surface area contributed by atoms with Gasteiger partial charge in [-0.25, -0.2) is 9.67 Å². The number of hydrogen-bond donors (Lipinski definition) is 0. The molecule has 3 aromatic rings.